The summed E-state index contributed by atoms with van der Waals surface area (Å²) in [5, 5.41) is 11.3. The molecule has 0 bridgehead atoms. The first-order chi connectivity index (χ1) is 14.0. The van der Waals surface area contributed by atoms with Crippen molar-refractivity contribution in [2.24, 2.45) is 5.92 Å². The number of carbonyl (C=O) groups excluding carboxylic acids is 1. The lowest BCUT2D eigenvalue weighted by molar-refractivity contribution is 0.0939. The van der Waals surface area contributed by atoms with Crippen LogP contribution in [0.2, 0.25) is 0 Å². The van der Waals surface area contributed by atoms with Crippen molar-refractivity contribution in [3.05, 3.63) is 66.1 Å². The van der Waals surface area contributed by atoms with E-state index in [1.165, 1.54) is 23.0 Å². The maximum Gasteiger partial charge on any atom is 0.270 e. The molecule has 1 aromatic carbocycles. The van der Waals surface area contributed by atoms with E-state index in [0.29, 0.717) is 35.8 Å². The number of nitrogens with one attached hydrogen (secondary N) is 1. The minimum absolute atomic E-state index is 0.183. The Hall–Kier alpha value is -3.62. The van der Waals surface area contributed by atoms with Gasteiger partial charge in [-0.1, -0.05) is 6.92 Å². The fourth-order valence-corrected chi connectivity index (χ4v) is 3.05. The normalized spacial score (nSPS) is 12.2. The standard InChI is InChI=1S/C20H20FN7O/c1-13(11-27-14(2)7-8-24-27)10-22-19(29)18-9-17(15-3-5-16(21)6-4-15)26-20-23-12-25-28(18)20/h3-9,12-13H,10-11H2,1-2H3,(H,22,29)/t13-/m1/s1. The summed E-state index contributed by atoms with van der Waals surface area (Å²) in [7, 11) is 0. The lowest BCUT2D eigenvalue weighted by atomic mass is 10.1. The van der Waals surface area contributed by atoms with Gasteiger partial charge in [0.05, 0.1) is 5.69 Å². The number of aromatic nitrogens is 6. The van der Waals surface area contributed by atoms with Crippen molar-refractivity contribution in [2.75, 3.05) is 6.54 Å². The lowest BCUT2D eigenvalue weighted by Crippen LogP contribution is -2.31. The second-order valence-electron chi connectivity index (χ2n) is 6.98. The molecule has 3 aromatic heterocycles. The van der Waals surface area contributed by atoms with Crippen LogP contribution in [-0.4, -0.2) is 41.8 Å². The smallest absolute Gasteiger partial charge is 0.270 e. The number of nitrogens with zero attached hydrogens (tertiary/aromatic N) is 6. The van der Waals surface area contributed by atoms with Crippen molar-refractivity contribution >= 4 is 11.7 Å². The highest BCUT2D eigenvalue weighted by Gasteiger charge is 2.17. The molecule has 0 saturated heterocycles. The van der Waals surface area contributed by atoms with Crippen molar-refractivity contribution in [2.45, 2.75) is 20.4 Å². The first-order valence-corrected chi connectivity index (χ1v) is 9.24. The Morgan fingerprint density at radius 1 is 1.21 bits per heavy atom. The zero-order valence-corrected chi connectivity index (χ0v) is 16.1. The van der Waals surface area contributed by atoms with E-state index in [0.717, 1.165) is 5.69 Å². The van der Waals surface area contributed by atoms with Crippen LogP contribution >= 0.6 is 0 Å². The minimum Gasteiger partial charge on any atom is -0.350 e. The van der Waals surface area contributed by atoms with Crippen molar-refractivity contribution in [3.63, 3.8) is 0 Å². The summed E-state index contributed by atoms with van der Waals surface area (Å²) in [5.74, 6) is -0.133. The minimum atomic E-state index is -0.336. The SMILES string of the molecule is Cc1ccnn1C[C@H](C)CNC(=O)c1cc(-c2ccc(F)cc2)nc2ncnn12. The van der Waals surface area contributed by atoms with Crippen LogP contribution in [0.1, 0.15) is 23.1 Å². The molecular formula is C20H20FN7O. The molecule has 1 amide bonds. The zero-order valence-electron chi connectivity index (χ0n) is 16.1. The van der Waals surface area contributed by atoms with Crippen LogP contribution in [0.5, 0.6) is 0 Å². The molecule has 8 nitrogen and oxygen atoms in total. The van der Waals surface area contributed by atoms with Gasteiger partial charge in [-0.3, -0.25) is 9.48 Å². The molecule has 0 aliphatic rings. The largest absolute Gasteiger partial charge is 0.350 e. The number of rotatable bonds is 6. The molecule has 1 N–H and O–H groups in total. The van der Waals surface area contributed by atoms with Crippen LogP contribution in [0, 0.1) is 18.7 Å². The maximum absolute atomic E-state index is 13.2. The first-order valence-electron chi connectivity index (χ1n) is 9.24. The molecule has 148 valence electrons. The molecule has 0 unspecified atom stereocenters. The second kappa shape index (κ2) is 7.78. The van der Waals surface area contributed by atoms with Gasteiger partial charge in [-0.05, 0) is 49.2 Å². The second-order valence-corrected chi connectivity index (χ2v) is 6.98. The predicted octanol–water partition coefficient (Wildman–Crippen LogP) is 2.50. The third kappa shape index (κ3) is 3.98. The monoisotopic (exact) mass is 393 g/mol. The van der Waals surface area contributed by atoms with Crippen molar-refractivity contribution in [1.29, 1.82) is 0 Å². The molecule has 0 radical (unpaired) electrons. The van der Waals surface area contributed by atoms with Gasteiger partial charge in [-0.2, -0.15) is 19.7 Å². The van der Waals surface area contributed by atoms with E-state index >= 15 is 0 Å². The van der Waals surface area contributed by atoms with Crippen molar-refractivity contribution in [1.82, 2.24) is 34.7 Å². The summed E-state index contributed by atoms with van der Waals surface area (Å²) in [6.45, 7) is 5.22. The predicted molar refractivity (Wildman–Crippen MR) is 105 cm³/mol. The van der Waals surface area contributed by atoms with E-state index in [1.54, 1.807) is 24.4 Å². The lowest BCUT2D eigenvalue weighted by Gasteiger charge is -2.14. The van der Waals surface area contributed by atoms with Gasteiger partial charge in [-0.15, -0.1) is 0 Å². The third-order valence-electron chi connectivity index (χ3n) is 4.65. The number of fused-ring (bicyclic) bond motifs is 1. The topological polar surface area (TPSA) is 90.0 Å². The van der Waals surface area contributed by atoms with E-state index in [4.69, 9.17) is 0 Å². The van der Waals surface area contributed by atoms with Gasteiger partial charge in [0.15, 0.2) is 0 Å². The number of halogens is 1. The molecular weight excluding hydrogens is 373 g/mol. The zero-order chi connectivity index (χ0) is 20.4. The summed E-state index contributed by atoms with van der Waals surface area (Å²) < 4.78 is 16.5. The number of amides is 1. The summed E-state index contributed by atoms with van der Waals surface area (Å²) in [6, 6.07) is 9.50. The molecule has 29 heavy (non-hydrogen) atoms. The molecule has 1 atom stereocenters. The Kier molecular flexibility index (Phi) is 5.03. The summed E-state index contributed by atoms with van der Waals surface area (Å²) in [4.78, 5) is 21.4. The molecule has 0 aliphatic carbocycles. The van der Waals surface area contributed by atoms with Crippen LogP contribution in [0.25, 0.3) is 17.0 Å². The molecule has 4 rings (SSSR count). The fraction of sp³-hybridized carbons (Fsp3) is 0.250. The van der Waals surface area contributed by atoms with Crippen LogP contribution in [0.15, 0.2) is 48.9 Å². The van der Waals surface area contributed by atoms with Gasteiger partial charge in [0.25, 0.3) is 11.7 Å². The van der Waals surface area contributed by atoms with Gasteiger partial charge in [0, 0.05) is 30.5 Å². The van der Waals surface area contributed by atoms with E-state index in [-0.39, 0.29) is 17.6 Å². The molecule has 0 aliphatic heterocycles. The highest BCUT2D eigenvalue weighted by molar-refractivity contribution is 5.94. The number of carbonyl (C=O) groups is 1. The van der Waals surface area contributed by atoms with Gasteiger partial charge < -0.3 is 5.32 Å². The molecule has 0 fully saturated rings. The highest BCUT2D eigenvalue weighted by Crippen LogP contribution is 2.19. The molecule has 4 aromatic rings. The van der Waals surface area contributed by atoms with E-state index in [1.807, 2.05) is 24.6 Å². The van der Waals surface area contributed by atoms with Gasteiger partial charge >= 0.3 is 0 Å². The Balaban J connectivity index is 1.54. The van der Waals surface area contributed by atoms with E-state index < -0.39 is 0 Å². The van der Waals surface area contributed by atoms with Gasteiger partial charge in [-0.25, -0.2) is 9.37 Å². The number of aryl methyl sites for hydroxylation is 1. The van der Waals surface area contributed by atoms with Crippen molar-refractivity contribution < 1.29 is 9.18 Å². The van der Waals surface area contributed by atoms with E-state index in [2.05, 4.69) is 25.5 Å². The maximum atomic E-state index is 13.2. The molecule has 9 heteroatoms. The molecule has 3 heterocycles. The van der Waals surface area contributed by atoms with Crippen molar-refractivity contribution in [3.8, 4) is 11.3 Å². The first kappa shape index (κ1) is 18.7. The summed E-state index contributed by atoms with van der Waals surface area (Å²) >= 11 is 0. The van der Waals surface area contributed by atoms with Gasteiger partial charge in [0.2, 0.25) is 0 Å². The number of hydrogen-bond acceptors (Lipinski definition) is 5. The Labute approximate surface area is 166 Å². The highest BCUT2D eigenvalue weighted by atomic mass is 19.1. The van der Waals surface area contributed by atoms with Crippen LogP contribution in [-0.2, 0) is 6.54 Å². The average molecular weight is 393 g/mol. The van der Waals surface area contributed by atoms with Crippen LogP contribution in [0.3, 0.4) is 0 Å². The Morgan fingerprint density at radius 3 is 2.72 bits per heavy atom. The van der Waals surface area contributed by atoms with Crippen LogP contribution < -0.4 is 5.32 Å². The Morgan fingerprint density at radius 2 is 2.00 bits per heavy atom. The quantitative estimate of drug-likeness (QED) is 0.544. The average Bonchev–Trinajstić information content (AvgIpc) is 3.35. The molecule has 0 saturated carbocycles. The van der Waals surface area contributed by atoms with E-state index in [9.17, 15) is 9.18 Å². The van der Waals surface area contributed by atoms with Crippen LogP contribution in [0.4, 0.5) is 4.39 Å². The number of hydrogen-bond donors (Lipinski definition) is 1. The molecule has 0 spiro atoms. The fourth-order valence-electron chi connectivity index (χ4n) is 3.05. The number of benzene rings is 1. The summed E-state index contributed by atoms with van der Waals surface area (Å²) in [6.07, 6.45) is 3.10. The summed E-state index contributed by atoms with van der Waals surface area (Å²) in [5.41, 5.74) is 2.60. The Bertz CT molecular complexity index is 1150. The third-order valence-corrected chi connectivity index (χ3v) is 4.65. The van der Waals surface area contributed by atoms with Gasteiger partial charge in [0.1, 0.15) is 17.8 Å².